The number of hydrogen-bond acceptors (Lipinski definition) is 4. The first-order chi connectivity index (χ1) is 18.9. The van der Waals surface area contributed by atoms with E-state index in [1.165, 1.54) is 29.2 Å². The predicted octanol–water partition coefficient (Wildman–Crippen LogP) is 6.48. The number of benzene rings is 3. The van der Waals surface area contributed by atoms with Gasteiger partial charge in [-0.3, -0.25) is 13.9 Å². The fourth-order valence-corrected chi connectivity index (χ4v) is 6.12. The predicted molar refractivity (Wildman–Crippen MR) is 162 cm³/mol. The van der Waals surface area contributed by atoms with Gasteiger partial charge in [0.1, 0.15) is 12.6 Å². The molecule has 0 bridgehead atoms. The van der Waals surface area contributed by atoms with Crippen LogP contribution in [0.25, 0.3) is 0 Å². The lowest BCUT2D eigenvalue weighted by atomic mass is 10.1. The Bertz CT molecular complexity index is 1450. The Morgan fingerprint density at radius 3 is 2.23 bits per heavy atom. The summed E-state index contributed by atoms with van der Waals surface area (Å²) < 4.78 is 28.8. The molecule has 40 heavy (non-hydrogen) atoms. The molecule has 0 aliphatic carbocycles. The summed E-state index contributed by atoms with van der Waals surface area (Å²) in [5, 5.41) is 3.99. The number of amides is 2. The van der Waals surface area contributed by atoms with Gasteiger partial charge in [-0.25, -0.2) is 8.42 Å². The van der Waals surface area contributed by atoms with Crippen molar-refractivity contribution in [3.05, 3.63) is 92.9 Å². The first-order valence-electron chi connectivity index (χ1n) is 12.8. The van der Waals surface area contributed by atoms with Crippen molar-refractivity contribution in [1.29, 1.82) is 0 Å². The van der Waals surface area contributed by atoms with Crippen molar-refractivity contribution in [2.45, 2.75) is 51.1 Å². The van der Waals surface area contributed by atoms with Crippen LogP contribution in [0.5, 0.6) is 0 Å². The van der Waals surface area contributed by atoms with Crippen molar-refractivity contribution in [3.8, 4) is 0 Å². The Labute approximate surface area is 251 Å². The second kappa shape index (κ2) is 14.2. The zero-order chi connectivity index (χ0) is 29.4. The molecular formula is C29H32Cl3N3O4S. The summed E-state index contributed by atoms with van der Waals surface area (Å²) in [5.74, 6) is -0.931. The van der Waals surface area contributed by atoms with Crippen molar-refractivity contribution >= 4 is 62.3 Å². The normalized spacial score (nSPS) is 12.1. The molecule has 2 amide bonds. The highest BCUT2D eigenvalue weighted by Gasteiger charge is 2.33. The van der Waals surface area contributed by atoms with Crippen LogP contribution in [-0.2, 0) is 26.2 Å². The zero-order valence-electron chi connectivity index (χ0n) is 22.5. The van der Waals surface area contributed by atoms with Crippen LogP contribution < -0.4 is 9.62 Å². The van der Waals surface area contributed by atoms with E-state index in [2.05, 4.69) is 5.32 Å². The molecule has 0 saturated heterocycles. The molecule has 7 nitrogen and oxygen atoms in total. The van der Waals surface area contributed by atoms with Crippen LogP contribution in [0.1, 0.15) is 37.8 Å². The number of rotatable bonds is 12. The van der Waals surface area contributed by atoms with Gasteiger partial charge in [0.2, 0.25) is 11.8 Å². The van der Waals surface area contributed by atoms with E-state index in [1.54, 1.807) is 56.3 Å². The zero-order valence-corrected chi connectivity index (χ0v) is 25.6. The van der Waals surface area contributed by atoms with Crippen LogP contribution in [0, 0.1) is 6.92 Å². The largest absolute Gasteiger partial charge is 0.354 e. The van der Waals surface area contributed by atoms with Crippen molar-refractivity contribution in [2.24, 2.45) is 0 Å². The monoisotopic (exact) mass is 623 g/mol. The molecule has 3 aromatic carbocycles. The third kappa shape index (κ3) is 7.91. The lowest BCUT2D eigenvalue weighted by Crippen LogP contribution is -2.51. The van der Waals surface area contributed by atoms with E-state index in [4.69, 9.17) is 34.8 Å². The van der Waals surface area contributed by atoms with Gasteiger partial charge in [0.25, 0.3) is 10.0 Å². The van der Waals surface area contributed by atoms with Crippen LogP contribution in [0.4, 0.5) is 5.69 Å². The average Bonchev–Trinajstić information content (AvgIpc) is 2.91. The molecule has 0 aliphatic rings. The summed E-state index contributed by atoms with van der Waals surface area (Å²) in [7, 11) is -4.19. The van der Waals surface area contributed by atoms with E-state index in [0.717, 1.165) is 17.1 Å². The molecule has 0 unspecified atom stereocenters. The van der Waals surface area contributed by atoms with Crippen molar-refractivity contribution in [2.75, 3.05) is 17.4 Å². The Morgan fingerprint density at radius 1 is 0.950 bits per heavy atom. The average molecular weight is 625 g/mol. The first-order valence-corrected chi connectivity index (χ1v) is 15.4. The number of hydrogen-bond donors (Lipinski definition) is 1. The lowest BCUT2D eigenvalue weighted by molar-refractivity contribution is -0.139. The SMILES string of the molecule is CCCCNC(=O)[C@@H](C)N(Cc1ccc(Cl)cc1Cl)C(=O)CN(c1ccccc1C)S(=O)(=O)c1ccc(Cl)cc1. The van der Waals surface area contributed by atoms with Crippen molar-refractivity contribution < 1.29 is 18.0 Å². The summed E-state index contributed by atoms with van der Waals surface area (Å²) >= 11 is 18.5. The maximum atomic E-state index is 14.0. The summed E-state index contributed by atoms with van der Waals surface area (Å²) in [6.45, 7) is 5.26. The minimum absolute atomic E-state index is 0.0226. The summed E-state index contributed by atoms with van der Waals surface area (Å²) in [4.78, 5) is 28.3. The molecule has 3 rings (SSSR count). The standard InChI is InChI=1S/C29H32Cl3N3O4S/c1-4-5-16-33-29(37)21(3)34(18-22-10-11-24(31)17-26(22)32)28(36)19-35(27-9-7-6-8-20(27)2)40(38,39)25-14-12-23(30)13-15-25/h6-15,17,21H,4-5,16,18-19H2,1-3H3,(H,33,37)/t21-/m1/s1. The highest BCUT2D eigenvalue weighted by molar-refractivity contribution is 7.92. The number of carbonyl (C=O) groups is 2. The molecular weight excluding hydrogens is 593 g/mol. The van der Waals surface area contributed by atoms with Gasteiger partial charge in [-0.15, -0.1) is 0 Å². The number of nitrogens with one attached hydrogen (secondary N) is 1. The Morgan fingerprint density at radius 2 is 1.60 bits per heavy atom. The maximum Gasteiger partial charge on any atom is 0.264 e. The molecule has 214 valence electrons. The number of aryl methyl sites for hydroxylation is 1. The van der Waals surface area contributed by atoms with Gasteiger partial charge in [0.15, 0.2) is 0 Å². The Hall–Kier alpha value is -2.78. The molecule has 0 aliphatic heterocycles. The lowest BCUT2D eigenvalue weighted by Gasteiger charge is -2.32. The van der Waals surface area contributed by atoms with Crippen molar-refractivity contribution in [1.82, 2.24) is 10.2 Å². The van der Waals surface area contributed by atoms with E-state index in [-0.39, 0.29) is 17.3 Å². The molecule has 1 N–H and O–H groups in total. The number of sulfonamides is 1. The summed E-state index contributed by atoms with van der Waals surface area (Å²) in [6.07, 6.45) is 1.68. The second-order valence-electron chi connectivity index (χ2n) is 9.33. The van der Waals surface area contributed by atoms with E-state index in [0.29, 0.717) is 38.4 Å². The van der Waals surface area contributed by atoms with E-state index >= 15 is 0 Å². The van der Waals surface area contributed by atoms with Gasteiger partial charge < -0.3 is 10.2 Å². The molecule has 0 aromatic heterocycles. The van der Waals surface area contributed by atoms with Gasteiger partial charge >= 0.3 is 0 Å². The first kappa shape index (κ1) is 31.7. The van der Waals surface area contributed by atoms with E-state index in [1.807, 2.05) is 6.92 Å². The number of halogens is 3. The molecule has 0 heterocycles. The third-order valence-corrected chi connectivity index (χ3v) is 9.03. The smallest absolute Gasteiger partial charge is 0.264 e. The van der Waals surface area contributed by atoms with Crippen LogP contribution in [0.2, 0.25) is 15.1 Å². The second-order valence-corrected chi connectivity index (χ2v) is 12.5. The summed E-state index contributed by atoms with van der Waals surface area (Å²) in [5.41, 5.74) is 1.57. The van der Waals surface area contributed by atoms with Gasteiger partial charge in [-0.1, -0.05) is 72.4 Å². The molecule has 11 heteroatoms. The Kier molecular flexibility index (Phi) is 11.3. The van der Waals surface area contributed by atoms with Crippen LogP contribution in [-0.4, -0.2) is 44.3 Å². The Balaban J connectivity index is 2.03. The van der Waals surface area contributed by atoms with Crippen LogP contribution >= 0.6 is 34.8 Å². The number of nitrogens with zero attached hydrogens (tertiary/aromatic N) is 2. The fraction of sp³-hybridized carbons (Fsp3) is 0.310. The van der Waals surface area contributed by atoms with Gasteiger partial charge in [-0.05, 0) is 73.9 Å². The highest BCUT2D eigenvalue weighted by Crippen LogP contribution is 2.29. The molecule has 0 radical (unpaired) electrons. The van der Waals surface area contributed by atoms with E-state index < -0.39 is 28.5 Å². The number of carbonyl (C=O) groups excluding carboxylic acids is 2. The number of unbranched alkanes of at least 4 members (excludes halogenated alkanes) is 1. The maximum absolute atomic E-state index is 14.0. The van der Waals surface area contributed by atoms with Gasteiger partial charge in [0.05, 0.1) is 10.6 Å². The molecule has 0 spiro atoms. The van der Waals surface area contributed by atoms with Crippen molar-refractivity contribution in [3.63, 3.8) is 0 Å². The number of anilines is 1. The fourth-order valence-electron chi connectivity index (χ4n) is 4.04. The molecule has 3 aromatic rings. The van der Waals surface area contributed by atoms with Crippen LogP contribution in [0.3, 0.4) is 0 Å². The molecule has 0 saturated carbocycles. The van der Waals surface area contributed by atoms with Gasteiger partial charge in [-0.2, -0.15) is 0 Å². The number of para-hydroxylation sites is 1. The van der Waals surface area contributed by atoms with E-state index in [9.17, 15) is 18.0 Å². The highest BCUT2D eigenvalue weighted by atomic mass is 35.5. The minimum Gasteiger partial charge on any atom is -0.354 e. The minimum atomic E-state index is -4.19. The molecule has 1 atom stereocenters. The summed E-state index contributed by atoms with van der Waals surface area (Å²) in [6, 6.07) is 16.6. The van der Waals surface area contributed by atoms with Crippen LogP contribution in [0.15, 0.2) is 71.6 Å². The van der Waals surface area contributed by atoms with Gasteiger partial charge in [0, 0.05) is 28.2 Å². The molecule has 0 fully saturated rings. The quantitative estimate of drug-likeness (QED) is 0.234. The third-order valence-electron chi connectivity index (χ3n) is 6.42. The topological polar surface area (TPSA) is 86.8 Å².